The number of aryl methyl sites for hydroxylation is 2. The van der Waals surface area contributed by atoms with Crippen molar-refractivity contribution in [3.63, 3.8) is 0 Å². The lowest BCUT2D eigenvalue weighted by Gasteiger charge is -2.17. The zero-order chi connectivity index (χ0) is 26.4. The molecule has 0 bridgehead atoms. The number of urea groups is 1. The van der Waals surface area contributed by atoms with Crippen molar-refractivity contribution in [2.45, 2.75) is 33.1 Å². The second-order valence-electron chi connectivity index (χ2n) is 9.57. The van der Waals surface area contributed by atoms with Crippen molar-refractivity contribution < 1.29 is 13.6 Å². The van der Waals surface area contributed by atoms with Gasteiger partial charge < -0.3 is 15.2 Å². The summed E-state index contributed by atoms with van der Waals surface area (Å²) >= 11 is 1.06. The number of halogens is 2. The lowest BCUT2D eigenvalue weighted by atomic mass is 9.89. The van der Waals surface area contributed by atoms with Gasteiger partial charge in [0.25, 0.3) is 5.56 Å². The van der Waals surface area contributed by atoms with Crippen molar-refractivity contribution in [2.24, 2.45) is 7.05 Å². The number of aromatic nitrogens is 2. The first-order valence-electron chi connectivity index (χ1n) is 11.2. The average molecular weight is 512 g/mol. The minimum absolute atomic E-state index is 0.0435. The molecule has 0 saturated heterocycles. The molecule has 0 radical (unpaired) electrons. The van der Waals surface area contributed by atoms with E-state index in [1.165, 1.54) is 16.7 Å². The highest BCUT2D eigenvalue weighted by Gasteiger charge is 2.24. The van der Waals surface area contributed by atoms with Gasteiger partial charge in [-0.25, -0.2) is 18.6 Å². The number of benzene rings is 1. The molecular formula is C26H27F2N5O2S. The zero-order valence-electron chi connectivity index (χ0n) is 20.8. The van der Waals surface area contributed by atoms with Crippen molar-refractivity contribution >= 4 is 44.8 Å². The molecule has 2 amide bonds. The number of thiophene rings is 1. The normalized spacial score (nSPS) is 11.6. The predicted molar refractivity (Wildman–Crippen MR) is 142 cm³/mol. The molecule has 10 heteroatoms. The van der Waals surface area contributed by atoms with Crippen LogP contribution in [0.15, 0.2) is 40.6 Å². The van der Waals surface area contributed by atoms with Gasteiger partial charge in [-0.05, 0) is 47.0 Å². The molecule has 0 aliphatic carbocycles. The first kappa shape index (κ1) is 25.3. The Labute approximate surface area is 211 Å². The molecule has 0 aliphatic rings. The fourth-order valence-electron chi connectivity index (χ4n) is 3.94. The van der Waals surface area contributed by atoms with Gasteiger partial charge in [0.15, 0.2) is 5.82 Å². The topological polar surface area (TPSA) is 88.1 Å². The number of nitrogens with one attached hydrogen (secondary N) is 3. The number of carbonyl (C=O) groups excluding carboxylic acids is 1. The number of hydrogen-bond donors (Lipinski definition) is 3. The Balaban J connectivity index is 1.69. The molecule has 4 rings (SSSR count). The Morgan fingerprint density at radius 3 is 2.44 bits per heavy atom. The number of hydrogen-bond acceptors (Lipinski definition) is 5. The van der Waals surface area contributed by atoms with Gasteiger partial charge in [-0.3, -0.25) is 10.1 Å². The molecule has 7 nitrogen and oxygen atoms in total. The number of anilines is 3. The van der Waals surface area contributed by atoms with Crippen molar-refractivity contribution in [1.82, 2.24) is 9.55 Å². The van der Waals surface area contributed by atoms with Crippen LogP contribution in [-0.4, -0.2) is 22.6 Å². The van der Waals surface area contributed by atoms with Gasteiger partial charge in [-0.1, -0.05) is 20.8 Å². The SMILES string of the molecule is CNc1cc2c(cn1)cc(-c1cc(NC(=O)Nc3scc(C(C)(C)C)c3F)c(F)cc1C)c(=O)n2C. The van der Waals surface area contributed by atoms with Crippen LogP contribution in [0.25, 0.3) is 22.0 Å². The summed E-state index contributed by atoms with van der Waals surface area (Å²) in [6.07, 6.45) is 1.65. The number of pyridine rings is 2. The smallest absolute Gasteiger partial charge is 0.324 e. The summed E-state index contributed by atoms with van der Waals surface area (Å²) in [4.78, 5) is 30.1. The second kappa shape index (κ2) is 9.34. The third-order valence-corrected chi connectivity index (χ3v) is 6.85. The van der Waals surface area contributed by atoms with E-state index in [-0.39, 0.29) is 16.2 Å². The Kier molecular flexibility index (Phi) is 6.57. The monoisotopic (exact) mass is 511 g/mol. The van der Waals surface area contributed by atoms with Crippen molar-refractivity contribution in [1.29, 1.82) is 0 Å². The standard InChI is InChI=1S/C26H27F2N5O2S/c1-13-7-18(27)19(31-25(35)32-23-22(28)17(12-36-23)26(2,3)4)9-15(13)16-8-14-11-30-21(29-5)10-20(14)33(6)24(16)34/h7-12H,1-6H3,(H,29,30)(H2,31,32,35). The van der Waals surface area contributed by atoms with Crippen molar-refractivity contribution in [3.05, 3.63) is 69.0 Å². The van der Waals surface area contributed by atoms with Gasteiger partial charge in [-0.15, -0.1) is 11.3 Å². The molecule has 188 valence electrons. The van der Waals surface area contributed by atoms with Crippen LogP contribution in [0, 0.1) is 18.6 Å². The Hall–Kier alpha value is -3.79. The molecule has 3 aromatic heterocycles. The number of nitrogens with zero attached hydrogens (tertiary/aromatic N) is 2. The summed E-state index contributed by atoms with van der Waals surface area (Å²) in [5, 5.41) is 10.3. The summed E-state index contributed by atoms with van der Waals surface area (Å²) in [5.41, 5.74) is 1.65. The predicted octanol–water partition coefficient (Wildman–Crippen LogP) is 6.23. The van der Waals surface area contributed by atoms with Crippen LogP contribution in [0.3, 0.4) is 0 Å². The van der Waals surface area contributed by atoms with Crippen LogP contribution in [-0.2, 0) is 12.5 Å². The number of amides is 2. The maximum Gasteiger partial charge on any atom is 0.324 e. The van der Waals surface area contributed by atoms with Gasteiger partial charge in [0.1, 0.15) is 16.6 Å². The van der Waals surface area contributed by atoms with E-state index < -0.39 is 23.1 Å². The minimum atomic E-state index is -0.792. The molecule has 3 heterocycles. The van der Waals surface area contributed by atoms with E-state index in [9.17, 15) is 18.4 Å². The first-order valence-corrected chi connectivity index (χ1v) is 12.1. The highest BCUT2D eigenvalue weighted by atomic mass is 32.1. The Bertz CT molecular complexity index is 1550. The fraction of sp³-hybridized carbons (Fsp3) is 0.269. The van der Waals surface area contributed by atoms with E-state index >= 15 is 0 Å². The van der Waals surface area contributed by atoms with Crippen LogP contribution in [0.2, 0.25) is 0 Å². The highest BCUT2D eigenvalue weighted by Crippen LogP contribution is 2.35. The van der Waals surface area contributed by atoms with E-state index in [1.54, 1.807) is 44.7 Å². The summed E-state index contributed by atoms with van der Waals surface area (Å²) in [6, 6.07) is 5.33. The van der Waals surface area contributed by atoms with Gasteiger partial charge in [0, 0.05) is 42.9 Å². The molecule has 4 aromatic rings. The van der Waals surface area contributed by atoms with Crippen LogP contribution in [0.1, 0.15) is 31.9 Å². The molecule has 36 heavy (non-hydrogen) atoms. The van der Waals surface area contributed by atoms with Gasteiger partial charge >= 0.3 is 6.03 Å². The van der Waals surface area contributed by atoms with Gasteiger partial charge in [0.05, 0.1) is 11.2 Å². The van der Waals surface area contributed by atoms with E-state index in [1.807, 2.05) is 20.8 Å². The van der Waals surface area contributed by atoms with Gasteiger partial charge in [0.2, 0.25) is 0 Å². The van der Waals surface area contributed by atoms with Crippen LogP contribution in [0.4, 0.5) is 30.1 Å². The van der Waals surface area contributed by atoms with Crippen LogP contribution < -0.4 is 21.5 Å². The van der Waals surface area contributed by atoms with Crippen molar-refractivity contribution in [2.75, 3.05) is 23.0 Å². The highest BCUT2D eigenvalue weighted by molar-refractivity contribution is 7.14. The van der Waals surface area contributed by atoms with Crippen LogP contribution >= 0.6 is 11.3 Å². The van der Waals surface area contributed by atoms with E-state index in [0.717, 1.165) is 16.7 Å². The maximum atomic E-state index is 14.8. The zero-order valence-corrected chi connectivity index (χ0v) is 21.7. The molecule has 0 unspecified atom stereocenters. The molecule has 3 N–H and O–H groups in total. The quantitative estimate of drug-likeness (QED) is 0.303. The summed E-state index contributed by atoms with van der Waals surface area (Å²) in [7, 11) is 3.39. The van der Waals surface area contributed by atoms with E-state index in [4.69, 9.17) is 0 Å². The number of fused-ring (bicyclic) bond motifs is 1. The molecule has 0 saturated carbocycles. The van der Waals surface area contributed by atoms with Gasteiger partial charge in [-0.2, -0.15) is 0 Å². The summed E-state index contributed by atoms with van der Waals surface area (Å²) < 4.78 is 31.0. The van der Waals surface area contributed by atoms with Crippen molar-refractivity contribution in [3.8, 4) is 11.1 Å². The third kappa shape index (κ3) is 4.68. The largest absolute Gasteiger partial charge is 0.373 e. The maximum absolute atomic E-state index is 14.8. The molecule has 0 aliphatic heterocycles. The molecule has 0 atom stereocenters. The number of rotatable bonds is 4. The first-order chi connectivity index (χ1) is 16.9. The minimum Gasteiger partial charge on any atom is -0.373 e. The van der Waals surface area contributed by atoms with E-state index in [0.29, 0.717) is 33.6 Å². The Morgan fingerprint density at radius 1 is 1.08 bits per heavy atom. The third-order valence-electron chi connectivity index (χ3n) is 5.98. The molecular weight excluding hydrogens is 484 g/mol. The molecule has 0 spiro atoms. The fourth-order valence-corrected chi connectivity index (χ4v) is 5.00. The molecule has 1 aromatic carbocycles. The summed E-state index contributed by atoms with van der Waals surface area (Å²) in [5.74, 6) is -0.564. The average Bonchev–Trinajstić information content (AvgIpc) is 3.18. The Morgan fingerprint density at radius 2 is 1.81 bits per heavy atom. The summed E-state index contributed by atoms with van der Waals surface area (Å²) in [6.45, 7) is 7.30. The second-order valence-corrected chi connectivity index (χ2v) is 10.4. The van der Waals surface area contributed by atoms with E-state index in [2.05, 4.69) is 20.9 Å². The number of carbonyl (C=O) groups is 1. The lowest BCUT2D eigenvalue weighted by molar-refractivity contribution is 0.262. The molecule has 0 fully saturated rings. The lowest BCUT2D eigenvalue weighted by Crippen LogP contribution is -2.21. The van der Waals surface area contributed by atoms with Crippen LogP contribution in [0.5, 0.6) is 0 Å².